The molecule has 1 rings (SSSR count). The molecule has 0 saturated carbocycles. The standard InChI is InChI=1S/C29H49NO3/c1-5-6-7-8-9-10-11-12-13-14-15-16-20-23-26(31)27(28(32)33-29(2,3)4)30-24-25-21-18-17-19-22-25/h17-23,26-27,30-31H,5-16,24H2,1-4H3/b23-20+/t26-,27+/m0/s1. The maximum absolute atomic E-state index is 12.7. The number of nitrogens with one attached hydrogen (secondary N) is 1. The van der Waals surface area contributed by atoms with Gasteiger partial charge in [0.15, 0.2) is 0 Å². The fourth-order valence-electron chi connectivity index (χ4n) is 3.81. The van der Waals surface area contributed by atoms with E-state index in [0.717, 1.165) is 18.4 Å². The van der Waals surface area contributed by atoms with Gasteiger partial charge in [0.2, 0.25) is 0 Å². The Morgan fingerprint density at radius 2 is 1.48 bits per heavy atom. The molecule has 4 heteroatoms. The van der Waals surface area contributed by atoms with Gasteiger partial charge in [0.25, 0.3) is 0 Å². The lowest BCUT2D eigenvalue weighted by Crippen LogP contribution is -2.47. The van der Waals surface area contributed by atoms with Crippen LogP contribution in [0.5, 0.6) is 0 Å². The summed E-state index contributed by atoms with van der Waals surface area (Å²) >= 11 is 0. The van der Waals surface area contributed by atoms with Crippen molar-refractivity contribution in [2.45, 2.75) is 129 Å². The van der Waals surface area contributed by atoms with Crippen LogP contribution in [0, 0.1) is 0 Å². The maximum atomic E-state index is 12.7. The third-order valence-electron chi connectivity index (χ3n) is 5.68. The predicted octanol–water partition coefficient (Wildman–Crippen LogP) is 7.10. The van der Waals surface area contributed by atoms with Crippen molar-refractivity contribution in [3.8, 4) is 0 Å². The largest absolute Gasteiger partial charge is 0.459 e. The molecule has 0 spiro atoms. The molecule has 0 fully saturated rings. The molecule has 2 atom stereocenters. The highest BCUT2D eigenvalue weighted by molar-refractivity contribution is 5.77. The first-order valence-corrected chi connectivity index (χ1v) is 13.2. The number of ether oxygens (including phenoxy) is 1. The summed E-state index contributed by atoms with van der Waals surface area (Å²) in [5, 5.41) is 13.9. The molecule has 0 saturated heterocycles. The molecule has 0 radical (unpaired) electrons. The van der Waals surface area contributed by atoms with Crippen molar-refractivity contribution < 1.29 is 14.6 Å². The van der Waals surface area contributed by atoms with Gasteiger partial charge in [-0.15, -0.1) is 0 Å². The first kappa shape index (κ1) is 29.4. The van der Waals surface area contributed by atoms with Crippen LogP contribution in [-0.4, -0.2) is 28.8 Å². The second kappa shape index (κ2) is 17.8. The maximum Gasteiger partial charge on any atom is 0.326 e. The van der Waals surface area contributed by atoms with Crippen molar-refractivity contribution in [3.05, 3.63) is 48.0 Å². The number of esters is 1. The van der Waals surface area contributed by atoms with Gasteiger partial charge in [-0.1, -0.05) is 114 Å². The molecule has 0 unspecified atom stereocenters. The van der Waals surface area contributed by atoms with Crippen LogP contribution >= 0.6 is 0 Å². The van der Waals surface area contributed by atoms with Crippen LogP contribution in [0.3, 0.4) is 0 Å². The van der Waals surface area contributed by atoms with Gasteiger partial charge < -0.3 is 9.84 Å². The summed E-state index contributed by atoms with van der Waals surface area (Å²) in [5.74, 6) is -0.426. The lowest BCUT2D eigenvalue weighted by molar-refractivity contribution is -0.159. The second-order valence-corrected chi connectivity index (χ2v) is 10.1. The lowest BCUT2D eigenvalue weighted by Gasteiger charge is -2.26. The van der Waals surface area contributed by atoms with E-state index in [1.807, 2.05) is 57.2 Å². The Balaban J connectivity index is 2.32. The summed E-state index contributed by atoms with van der Waals surface area (Å²) in [4.78, 5) is 12.7. The lowest BCUT2D eigenvalue weighted by atomic mass is 10.0. The topological polar surface area (TPSA) is 58.6 Å². The number of allylic oxidation sites excluding steroid dienone is 1. The Labute approximate surface area is 203 Å². The van der Waals surface area contributed by atoms with E-state index in [9.17, 15) is 9.90 Å². The van der Waals surface area contributed by atoms with Crippen LogP contribution in [-0.2, 0) is 16.1 Å². The number of aliphatic hydroxyl groups is 1. The number of carbonyl (C=O) groups excluding carboxylic acids is 1. The number of rotatable bonds is 18. The quantitative estimate of drug-likeness (QED) is 0.140. The molecular weight excluding hydrogens is 410 g/mol. The molecule has 0 amide bonds. The van der Waals surface area contributed by atoms with Crippen LogP contribution in [0.25, 0.3) is 0 Å². The molecule has 0 heterocycles. The minimum atomic E-state index is -0.920. The Bertz CT molecular complexity index is 636. The van der Waals surface area contributed by atoms with Crippen molar-refractivity contribution in [2.24, 2.45) is 0 Å². The highest BCUT2D eigenvalue weighted by Crippen LogP contribution is 2.14. The number of unbranched alkanes of at least 4 members (excludes halogenated alkanes) is 11. The molecule has 188 valence electrons. The smallest absolute Gasteiger partial charge is 0.326 e. The Hall–Kier alpha value is -1.65. The van der Waals surface area contributed by atoms with Crippen molar-refractivity contribution in [3.63, 3.8) is 0 Å². The average Bonchev–Trinajstić information content (AvgIpc) is 2.76. The van der Waals surface area contributed by atoms with Crippen LogP contribution in [0.4, 0.5) is 0 Å². The van der Waals surface area contributed by atoms with Gasteiger partial charge in [0, 0.05) is 6.54 Å². The summed E-state index contributed by atoms with van der Waals surface area (Å²) in [6.07, 6.45) is 18.3. The SMILES string of the molecule is CCCCCCCCCCCCC/C=C/[C@H](O)[C@@H](NCc1ccccc1)C(=O)OC(C)(C)C. The first-order chi connectivity index (χ1) is 15.8. The van der Waals surface area contributed by atoms with Gasteiger partial charge >= 0.3 is 5.97 Å². The normalized spacial score (nSPS) is 13.8. The summed E-state index contributed by atoms with van der Waals surface area (Å²) in [6, 6.07) is 9.08. The zero-order valence-corrected chi connectivity index (χ0v) is 21.7. The van der Waals surface area contributed by atoms with E-state index in [1.54, 1.807) is 6.08 Å². The summed E-state index contributed by atoms with van der Waals surface area (Å²) in [7, 11) is 0. The van der Waals surface area contributed by atoms with Gasteiger partial charge in [-0.05, 0) is 39.2 Å². The zero-order valence-electron chi connectivity index (χ0n) is 21.7. The molecule has 0 aliphatic heterocycles. The number of hydrogen-bond acceptors (Lipinski definition) is 4. The van der Waals surface area contributed by atoms with Crippen molar-refractivity contribution >= 4 is 5.97 Å². The van der Waals surface area contributed by atoms with Gasteiger partial charge in [-0.2, -0.15) is 0 Å². The number of aliphatic hydroxyl groups excluding tert-OH is 1. The monoisotopic (exact) mass is 459 g/mol. The Morgan fingerprint density at radius 1 is 0.939 bits per heavy atom. The molecule has 0 bridgehead atoms. The number of hydrogen-bond donors (Lipinski definition) is 2. The summed E-state index contributed by atoms with van der Waals surface area (Å²) in [6.45, 7) is 8.28. The van der Waals surface area contributed by atoms with Gasteiger partial charge in [-0.25, -0.2) is 0 Å². The van der Waals surface area contributed by atoms with Gasteiger partial charge in [0.05, 0.1) is 6.10 Å². The van der Waals surface area contributed by atoms with E-state index in [1.165, 1.54) is 64.2 Å². The van der Waals surface area contributed by atoms with Crippen LogP contribution < -0.4 is 5.32 Å². The number of carbonyl (C=O) groups is 1. The summed E-state index contributed by atoms with van der Waals surface area (Å²) in [5.41, 5.74) is 0.464. The summed E-state index contributed by atoms with van der Waals surface area (Å²) < 4.78 is 5.53. The fourth-order valence-corrected chi connectivity index (χ4v) is 3.81. The van der Waals surface area contributed by atoms with Crippen LogP contribution in [0.2, 0.25) is 0 Å². The van der Waals surface area contributed by atoms with E-state index in [0.29, 0.717) is 6.54 Å². The van der Waals surface area contributed by atoms with Gasteiger partial charge in [0.1, 0.15) is 11.6 Å². The average molecular weight is 460 g/mol. The highest BCUT2D eigenvalue weighted by atomic mass is 16.6. The molecule has 0 aliphatic carbocycles. The third-order valence-corrected chi connectivity index (χ3v) is 5.68. The van der Waals surface area contributed by atoms with Crippen molar-refractivity contribution in [1.29, 1.82) is 0 Å². The van der Waals surface area contributed by atoms with Crippen LogP contribution in [0.1, 0.15) is 110 Å². The predicted molar refractivity (Wildman–Crippen MR) is 139 cm³/mol. The molecule has 1 aromatic carbocycles. The molecule has 2 N–H and O–H groups in total. The molecule has 0 aromatic heterocycles. The Kier molecular flexibility index (Phi) is 15.8. The van der Waals surface area contributed by atoms with E-state index in [2.05, 4.69) is 12.2 Å². The minimum Gasteiger partial charge on any atom is -0.459 e. The molecule has 33 heavy (non-hydrogen) atoms. The van der Waals surface area contributed by atoms with E-state index in [4.69, 9.17) is 4.74 Å². The minimum absolute atomic E-state index is 0.426. The highest BCUT2D eigenvalue weighted by Gasteiger charge is 2.29. The third kappa shape index (κ3) is 15.8. The van der Waals surface area contributed by atoms with Crippen molar-refractivity contribution in [2.75, 3.05) is 0 Å². The van der Waals surface area contributed by atoms with E-state index < -0.39 is 23.7 Å². The fraction of sp³-hybridized carbons (Fsp3) is 0.690. The van der Waals surface area contributed by atoms with Crippen LogP contribution in [0.15, 0.2) is 42.5 Å². The Morgan fingerprint density at radius 3 is 2.03 bits per heavy atom. The number of benzene rings is 1. The molecule has 1 aromatic rings. The van der Waals surface area contributed by atoms with Crippen molar-refractivity contribution in [1.82, 2.24) is 5.32 Å². The molecule has 4 nitrogen and oxygen atoms in total. The second-order valence-electron chi connectivity index (χ2n) is 10.1. The van der Waals surface area contributed by atoms with E-state index in [-0.39, 0.29) is 0 Å². The first-order valence-electron chi connectivity index (χ1n) is 13.2. The molecular formula is C29H49NO3. The van der Waals surface area contributed by atoms with Gasteiger partial charge in [-0.3, -0.25) is 10.1 Å². The molecule has 0 aliphatic rings. The zero-order chi connectivity index (χ0) is 24.4. The van der Waals surface area contributed by atoms with E-state index >= 15 is 0 Å².